The van der Waals surface area contributed by atoms with Crippen LogP contribution in [0.25, 0.3) is 0 Å². The molecule has 0 fully saturated rings. The topological polar surface area (TPSA) is 115 Å². The van der Waals surface area contributed by atoms with Crippen molar-refractivity contribution < 1.29 is 35.9 Å². The number of rotatable bonds is 4. The Morgan fingerprint density at radius 3 is 2.58 bits per heavy atom. The van der Waals surface area contributed by atoms with Gasteiger partial charge in [0.1, 0.15) is 34.3 Å². The molecular weight excluding hydrogens is 434 g/mol. The third-order valence-corrected chi connectivity index (χ3v) is 4.29. The molecule has 0 aliphatic carbocycles. The molecule has 0 unspecified atom stereocenters. The maximum atomic E-state index is 14.4. The summed E-state index contributed by atoms with van der Waals surface area (Å²) < 4.78 is 83.4. The number of amidine groups is 1. The molecule has 0 aromatic carbocycles. The van der Waals surface area contributed by atoms with Gasteiger partial charge in [-0.25, -0.2) is 28.1 Å². The van der Waals surface area contributed by atoms with Crippen LogP contribution in [-0.4, -0.2) is 39.2 Å². The van der Waals surface area contributed by atoms with Gasteiger partial charge in [0.2, 0.25) is 0 Å². The Kier molecular flexibility index (Phi) is 5.74. The standard InChI is InChI=1S/C17H14F6N6O2/c1-16(4-10(17(21,22)23)31-15(24)29-16)12-7(18)2-3-11(27-12)28-14(30)9-6-25-8(5-26-9)13(19)20/h2-3,5-6,10,13H,4H2,1H3,(H2,24,29)(H,27,28,30)/t10-,16-/m0/s1. The molecule has 0 radical (unpaired) electrons. The van der Waals surface area contributed by atoms with Crippen LogP contribution in [0, 0.1) is 5.82 Å². The van der Waals surface area contributed by atoms with Gasteiger partial charge >= 0.3 is 6.18 Å². The van der Waals surface area contributed by atoms with Gasteiger partial charge in [0, 0.05) is 6.42 Å². The molecule has 2 aromatic heterocycles. The molecule has 1 amide bonds. The first-order valence-electron chi connectivity index (χ1n) is 8.56. The molecule has 3 N–H and O–H groups in total. The summed E-state index contributed by atoms with van der Waals surface area (Å²) >= 11 is 0. The average Bonchev–Trinajstić information content (AvgIpc) is 2.68. The number of amides is 1. The summed E-state index contributed by atoms with van der Waals surface area (Å²) in [6.07, 6.45) is -9.29. The normalized spacial score (nSPS) is 21.4. The highest BCUT2D eigenvalue weighted by atomic mass is 19.4. The number of nitrogens with two attached hydrogens (primary N) is 1. The van der Waals surface area contributed by atoms with Crippen LogP contribution in [0.2, 0.25) is 0 Å². The quantitative estimate of drug-likeness (QED) is 0.695. The van der Waals surface area contributed by atoms with Crippen molar-refractivity contribution in [3.63, 3.8) is 0 Å². The zero-order valence-electron chi connectivity index (χ0n) is 15.6. The molecule has 3 heterocycles. The highest BCUT2D eigenvalue weighted by Gasteiger charge is 2.50. The molecule has 31 heavy (non-hydrogen) atoms. The fourth-order valence-corrected chi connectivity index (χ4v) is 2.83. The third-order valence-electron chi connectivity index (χ3n) is 4.29. The summed E-state index contributed by atoms with van der Waals surface area (Å²) in [5, 5.41) is 2.24. The lowest BCUT2D eigenvalue weighted by molar-refractivity contribution is -0.208. The Morgan fingerprint density at radius 2 is 2.00 bits per heavy atom. The van der Waals surface area contributed by atoms with E-state index < -0.39 is 59.8 Å². The number of anilines is 1. The number of aliphatic imine (C=N–C) groups is 1. The van der Waals surface area contributed by atoms with Gasteiger partial charge in [0.25, 0.3) is 18.4 Å². The summed E-state index contributed by atoms with van der Waals surface area (Å²) in [6.45, 7) is 1.19. The van der Waals surface area contributed by atoms with Crippen molar-refractivity contribution in [3.05, 3.63) is 47.4 Å². The second-order valence-corrected chi connectivity index (χ2v) is 6.68. The van der Waals surface area contributed by atoms with Crippen LogP contribution in [0.3, 0.4) is 0 Å². The van der Waals surface area contributed by atoms with Gasteiger partial charge in [-0.3, -0.25) is 9.78 Å². The molecule has 3 rings (SSSR count). The average molecular weight is 448 g/mol. The predicted molar refractivity (Wildman–Crippen MR) is 93.7 cm³/mol. The predicted octanol–water partition coefficient (Wildman–Crippen LogP) is 3.08. The van der Waals surface area contributed by atoms with Crippen LogP contribution in [0.15, 0.2) is 29.5 Å². The van der Waals surface area contributed by atoms with Gasteiger partial charge in [-0.05, 0) is 19.1 Å². The van der Waals surface area contributed by atoms with E-state index in [1.54, 1.807) is 0 Å². The summed E-state index contributed by atoms with van der Waals surface area (Å²) in [6, 6.07) is 1.13. The zero-order valence-corrected chi connectivity index (χ0v) is 15.6. The Morgan fingerprint density at radius 1 is 1.29 bits per heavy atom. The first kappa shape index (κ1) is 22.2. The van der Waals surface area contributed by atoms with E-state index >= 15 is 0 Å². The van der Waals surface area contributed by atoms with E-state index in [2.05, 4.69) is 30.0 Å². The van der Waals surface area contributed by atoms with Crippen molar-refractivity contribution >= 4 is 17.7 Å². The smallest absolute Gasteiger partial charge is 0.425 e. The number of hydrogen-bond donors (Lipinski definition) is 2. The maximum absolute atomic E-state index is 14.4. The first-order valence-corrected chi connectivity index (χ1v) is 8.56. The molecule has 0 saturated heterocycles. The lowest BCUT2D eigenvalue weighted by atomic mass is 9.89. The Balaban J connectivity index is 1.88. The Bertz CT molecular complexity index is 1010. The van der Waals surface area contributed by atoms with E-state index in [0.717, 1.165) is 18.3 Å². The van der Waals surface area contributed by atoms with Crippen molar-refractivity contribution in [3.8, 4) is 0 Å². The molecule has 166 valence electrons. The third kappa shape index (κ3) is 4.83. The summed E-state index contributed by atoms with van der Waals surface area (Å²) in [5.74, 6) is -2.14. The number of alkyl halides is 5. The van der Waals surface area contributed by atoms with E-state index in [0.29, 0.717) is 6.20 Å². The van der Waals surface area contributed by atoms with Crippen molar-refractivity contribution in [2.75, 3.05) is 5.32 Å². The number of pyridine rings is 1. The molecule has 0 saturated carbocycles. The molecule has 2 atom stereocenters. The Labute approximate surface area is 170 Å². The van der Waals surface area contributed by atoms with E-state index in [4.69, 9.17) is 5.73 Å². The minimum Gasteiger partial charge on any atom is -0.452 e. The fraction of sp³-hybridized carbons (Fsp3) is 0.353. The number of hydrogen-bond acceptors (Lipinski definition) is 7. The molecule has 0 spiro atoms. The SMILES string of the molecule is C[C@@]1(c2nc(NC(=O)c3cnc(C(F)F)cn3)ccc2F)C[C@@H](C(F)(F)F)OC(N)=N1. The summed E-state index contributed by atoms with van der Waals surface area (Å²) in [4.78, 5) is 26.8. The van der Waals surface area contributed by atoms with Gasteiger partial charge in [-0.1, -0.05) is 0 Å². The van der Waals surface area contributed by atoms with Crippen LogP contribution in [0.4, 0.5) is 32.2 Å². The van der Waals surface area contributed by atoms with E-state index in [1.807, 2.05) is 0 Å². The number of carbonyl (C=O) groups excluding carboxylic acids is 1. The van der Waals surface area contributed by atoms with Gasteiger partial charge in [0.15, 0.2) is 6.10 Å². The molecule has 8 nitrogen and oxygen atoms in total. The minimum atomic E-state index is -4.78. The minimum absolute atomic E-state index is 0.244. The number of ether oxygens (including phenoxy) is 1. The highest BCUT2D eigenvalue weighted by molar-refractivity contribution is 6.02. The molecular formula is C17H14F6N6O2. The maximum Gasteiger partial charge on any atom is 0.425 e. The monoisotopic (exact) mass is 448 g/mol. The summed E-state index contributed by atoms with van der Waals surface area (Å²) in [7, 11) is 0. The van der Waals surface area contributed by atoms with Crippen LogP contribution >= 0.6 is 0 Å². The fourth-order valence-electron chi connectivity index (χ4n) is 2.83. The second-order valence-electron chi connectivity index (χ2n) is 6.68. The first-order chi connectivity index (χ1) is 14.4. The lowest BCUT2D eigenvalue weighted by Crippen LogP contribution is -2.46. The lowest BCUT2D eigenvalue weighted by Gasteiger charge is -2.35. The van der Waals surface area contributed by atoms with Crippen molar-refractivity contribution in [1.82, 2.24) is 15.0 Å². The van der Waals surface area contributed by atoms with Crippen LogP contribution in [0.1, 0.15) is 41.6 Å². The molecule has 2 aromatic rings. The molecule has 0 bridgehead atoms. The van der Waals surface area contributed by atoms with Crippen molar-refractivity contribution in [2.45, 2.75) is 37.6 Å². The van der Waals surface area contributed by atoms with Crippen LogP contribution in [0.5, 0.6) is 0 Å². The van der Waals surface area contributed by atoms with Crippen LogP contribution < -0.4 is 11.1 Å². The Hall–Kier alpha value is -3.45. The number of nitrogens with one attached hydrogen (secondary N) is 1. The highest BCUT2D eigenvalue weighted by Crippen LogP contribution is 2.40. The van der Waals surface area contributed by atoms with Crippen molar-refractivity contribution in [2.24, 2.45) is 10.7 Å². The van der Waals surface area contributed by atoms with E-state index in [-0.39, 0.29) is 11.5 Å². The van der Waals surface area contributed by atoms with E-state index in [9.17, 15) is 31.1 Å². The number of carbonyl (C=O) groups is 1. The van der Waals surface area contributed by atoms with Gasteiger partial charge < -0.3 is 15.8 Å². The number of halogens is 6. The number of aromatic nitrogens is 3. The van der Waals surface area contributed by atoms with Gasteiger partial charge in [-0.15, -0.1) is 0 Å². The molecule has 1 aliphatic rings. The van der Waals surface area contributed by atoms with Gasteiger partial charge in [0.05, 0.1) is 12.4 Å². The summed E-state index contributed by atoms with van der Waals surface area (Å²) in [5.41, 5.74) is 2.02. The second kappa shape index (κ2) is 8.00. The van der Waals surface area contributed by atoms with Gasteiger partial charge in [-0.2, -0.15) is 13.2 Å². The van der Waals surface area contributed by atoms with Crippen molar-refractivity contribution in [1.29, 1.82) is 0 Å². The molecule has 14 heteroatoms. The van der Waals surface area contributed by atoms with Crippen LogP contribution in [-0.2, 0) is 10.3 Å². The number of nitrogens with zero attached hydrogens (tertiary/aromatic N) is 4. The van der Waals surface area contributed by atoms with E-state index in [1.165, 1.54) is 6.92 Å². The largest absolute Gasteiger partial charge is 0.452 e. The molecule has 1 aliphatic heterocycles. The zero-order chi connectivity index (χ0) is 23.0.